The summed E-state index contributed by atoms with van der Waals surface area (Å²) in [5.74, 6) is 1.30. The predicted molar refractivity (Wildman–Crippen MR) is 131 cm³/mol. The molecule has 0 atom stereocenters. The maximum absolute atomic E-state index is 9.19. The first kappa shape index (κ1) is 23.9. The molecule has 33 heavy (non-hydrogen) atoms. The fraction of sp³-hybridized carbons (Fsp3) is 0.185. The van der Waals surface area contributed by atoms with Gasteiger partial charge in [-0.2, -0.15) is 5.26 Å². The van der Waals surface area contributed by atoms with E-state index in [0.717, 1.165) is 22.3 Å². The molecule has 0 N–H and O–H groups in total. The van der Waals surface area contributed by atoms with Crippen LogP contribution in [0.1, 0.15) is 34.7 Å². The highest BCUT2D eigenvalue weighted by molar-refractivity contribution is 6.30. The van der Waals surface area contributed by atoms with Crippen LogP contribution in [0.5, 0.6) is 11.5 Å². The summed E-state index contributed by atoms with van der Waals surface area (Å²) in [5.41, 5.74) is 4.10. The Hall–Kier alpha value is -3.75. The Balaban J connectivity index is 1.77. The molecule has 3 aromatic carbocycles. The van der Waals surface area contributed by atoms with Gasteiger partial charge in [-0.3, -0.25) is 0 Å². The van der Waals surface area contributed by atoms with Gasteiger partial charge in [-0.25, -0.2) is 0 Å². The molecule has 0 amide bonds. The Kier molecular flexibility index (Phi) is 8.93. The van der Waals surface area contributed by atoms with Crippen molar-refractivity contribution in [1.29, 1.82) is 5.26 Å². The third-order valence-electron chi connectivity index (χ3n) is 4.75. The quantitative estimate of drug-likeness (QED) is 0.187. The lowest BCUT2D eigenvalue weighted by Gasteiger charge is -2.17. The van der Waals surface area contributed by atoms with E-state index in [9.17, 15) is 5.26 Å². The predicted octanol–water partition coefficient (Wildman–Crippen LogP) is 6.47. The molecule has 0 fully saturated rings. The second-order valence-electron chi connectivity index (χ2n) is 7.13. The highest BCUT2D eigenvalue weighted by Crippen LogP contribution is 2.34. The fourth-order valence-corrected chi connectivity index (χ4v) is 3.31. The average molecular weight is 461 g/mol. The van der Waals surface area contributed by atoms with E-state index >= 15 is 0 Å². The van der Waals surface area contributed by atoms with E-state index in [1.54, 1.807) is 12.3 Å². The summed E-state index contributed by atoms with van der Waals surface area (Å²) in [7, 11) is 0. The van der Waals surface area contributed by atoms with Crippen molar-refractivity contribution in [1.82, 2.24) is 0 Å². The zero-order valence-electron chi connectivity index (χ0n) is 18.5. The zero-order valence-corrected chi connectivity index (χ0v) is 19.2. The number of ether oxygens (including phenoxy) is 2. The summed E-state index contributed by atoms with van der Waals surface area (Å²) in [4.78, 5) is 5.43. The second kappa shape index (κ2) is 12.3. The molecule has 0 saturated heterocycles. The zero-order chi connectivity index (χ0) is 23.5. The van der Waals surface area contributed by atoms with Crippen molar-refractivity contribution in [3.63, 3.8) is 0 Å². The number of nitriles is 1. The largest absolute Gasteiger partial charge is 0.490 e. The normalized spacial score (nSPS) is 10.6. The minimum atomic E-state index is 0.209. The summed E-state index contributed by atoms with van der Waals surface area (Å²) >= 11 is 5.97. The third kappa shape index (κ3) is 6.86. The van der Waals surface area contributed by atoms with Gasteiger partial charge >= 0.3 is 0 Å². The fourth-order valence-electron chi connectivity index (χ4n) is 3.19. The molecule has 0 spiro atoms. The van der Waals surface area contributed by atoms with Gasteiger partial charge in [0.1, 0.15) is 13.2 Å². The highest BCUT2D eigenvalue weighted by Gasteiger charge is 2.13. The van der Waals surface area contributed by atoms with Gasteiger partial charge in [0.2, 0.25) is 0 Å². The molecular weight excluding hydrogens is 436 g/mol. The number of benzene rings is 3. The maximum Gasteiger partial charge on any atom is 0.165 e. The van der Waals surface area contributed by atoms with Crippen LogP contribution in [0.3, 0.4) is 0 Å². The van der Waals surface area contributed by atoms with E-state index in [0.29, 0.717) is 41.7 Å². The van der Waals surface area contributed by atoms with Crippen molar-refractivity contribution >= 4 is 17.8 Å². The number of hydrogen-bond acceptors (Lipinski definition) is 5. The minimum absolute atomic E-state index is 0.209. The Bertz CT molecular complexity index is 1150. The van der Waals surface area contributed by atoms with Gasteiger partial charge in [0.25, 0.3) is 0 Å². The first-order chi connectivity index (χ1) is 16.1. The number of allylic oxidation sites excluding steroid dienone is 1. The molecule has 0 radical (unpaired) electrons. The molecule has 0 aliphatic carbocycles. The Morgan fingerprint density at radius 1 is 1.03 bits per heavy atom. The van der Waals surface area contributed by atoms with Crippen molar-refractivity contribution in [3.05, 3.63) is 106 Å². The lowest BCUT2D eigenvalue weighted by atomic mass is 10.1. The van der Waals surface area contributed by atoms with E-state index in [2.05, 4.69) is 17.8 Å². The third-order valence-corrected chi connectivity index (χ3v) is 5.00. The molecule has 3 aromatic rings. The van der Waals surface area contributed by atoms with Crippen molar-refractivity contribution in [2.45, 2.75) is 26.6 Å². The van der Waals surface area contributed by atoms with Crippen LogP contribution in [0.25, 0.3) is 0 Å². The van der Waals surface area contributed by atoms with Gasteiger partial charge in [0, 0.05) is 21.7 Å². The van der Waals surface area contributed by atoms with E-state index in [1.807, 2.05) is 67.6 Å². The van der Waals surface area contributed by atoms with Crippen molar-refractivity contribution in [2.24, 2.45) is 5.16 Å². The smallest absolute Gasteiger partial charge is 0.165 e. The van der Waals surface area contributed by atoms with Crippen LogP contribution in [0.4, 0.5) is 0 Å². The average Bonchev–Trinajstić information content (AvgIpc) is 2.83. The van der Waals surface area contributed by atoms with Crippen molar-refractivity contribution in [2.75, 3.05) is 6.61 Å². The van der Waals surface area contributed by atoms with Gasteiger partial charge in [-0.05, 0) is 49.2 Å². The van der Waals surface area contributed by atoms with E-state index in [1.165, 1.54) is 0 Å². The second-order valence-corrected chi connectivity index (χ2v) is 7.56. The Labute approximate surface area is 199 Å². The molecule has 168 valence electrons. The first-order valence-corrected chi connectivity index (χ1v) is 10.9. The summed E-state index contributed by atoms with van der Waals surface area (Å²) in [6, 6.07) is 20.8. The van der Waals surface area contributed by atoms with E-state index in [4.69, 9.17) is 25.9 Å². The molecule has 6 heteroatoms. The molecule has 3 rings (SSSR count). The highest BCUT2D eigenvalue weighted by atomic mass is 35.5. The summed E-state index contributed by atoms with van der Waals surface area (Å²) in [5, 5.41) is 13.9. The molecule has 0 aromatic heterocycles. The van der Waals surface area contributed by atoms with Gasteiger partial charge < -0.3 is 14.3 Å². The Morgan fingerprint density at radius 3 is 2.55 bits per heavy atom. The lowest BCUT2D eigenvalue weighted by Crippen LogP contribution is -2.04. The van der Waals surface area contributed by atoms with Crippen LogP contribution < -0.4 is 9.47 Å². The number of hydrogen-bond donors (Lipinski definition) is 0. The number of halogens is 1. The molecule has 5 nitrogen and oxygen atoms in total. The summed E-state index contributed by atoms with van der Waals surface area (Å²) in [6.45, 7) is 6.87. The minimum Gasteiger partial charge on any atom is -0.490 e. The summed E-state index contributed by atoms with van der Waals surface area (Å²) < 4.78 is 12.0. The molecular formula is C27H25ClN2O3. The van der Waals surface area contributed by atoms with Gasteiger partial charge in [0.15, 0.2) is 11.5 Å². The monoisotopic (exact) mass is 460 g/mol. The van der Waals surface area contributed by atoms with Crippen LogP contribution in [0.15, 0.2) is 78.5 Å². The molecule has 0 unspecified atom stereocenters. The van der Waals surface area contributed by atoms with E-state index in [-0.39, 0.29) is 6.61 Å². The lowest BCUT2D eigenvalue weighted by molar-refractivity contribution is 0.132. The van der Waals surface area contributed by atoms with Crippen molar-refractivity contribution in [3.8, 4) is 17.6 Å². The molecule has 0 saturated carbocycles. The number of rotatable bonds is 11. The number of nitrogens with zero attached hydrogens (tertiary/aromatic N) is 2. The van der Waals surface area contributed by atoms with E-state index < -0.39 is 0 Å². The maximum atomic E-state index is 9.19. The number of oxime groups is 1. The van der Waals surface area contributed by atoms with Gasteiger partial charge in [-0.15, -0.1) is 6.58 Å². The molecule has 0 heterocycles. The van der Waals surface area contributed by atoms with Gasteiger partial charge in [0.05, 0.1) is 24.5 Å². The first-order valence-electron chi connectivity index (χ1n) is 10.6. The van der Waals surface area contributed by atoms with Gasteiger partial charge in [-0.1, -0.05) is 53.2 Å². The van der Waals surface area contributed by atoms with Crippen LogP contribution in [-0.4, -0.2) is 12.8 Å². The molecule has 0 bridgehead atoms. The summed E-state index contributed by atoms with van der Waals surface area (Å²) in [6.07, 6.45) is 4.04. The SMILES string of the molecule is C=CCc1cc(/C=N\OCc2ccccc2C#N)cc(OCC)c1OCc1ccc(Cl)cc1. The molecule has 0 aliphatic heterocycles. The topological polar surface area (TPSA) is 63.8 Å². The van der Waals surface area contributed by atoms with Crippen LogP contribution in [0.2, 0.25) is 5.02 Å². The van der Waals surface area contributed by atoms with Crippen LogP contribution in [-0.2, 0) is 24.5 Å². The van der Waals surface area contributed by atoms with Crippen LogP contribution in [0, 0.1) is 11.3 Å². The van der Waals surface area contributed by atoms with Crippen LogP contribution >= 0.6 is 11.6 Å². The Morgan fingerprint density at radius 2 is 1.82 bits per heavy atom. The standard InChI is InChI=1S/C27H25ClN2O3/c1-3-7-22-14-21(17-30-33-19-24-9-6-5-8-23(24)16-29)15-26(31-4-2)27(22)32-18-20-10-12-25(28)13-11-20/h3,5-6,8-15,17H,1,4,7,18-19H2,2H3/b30-17-. The van der Waals surface area contributed by atoms with Crippen molar-refractivity contribution < 1.29 is 14.3 Å². The molecule has 0 aliphatic rings.